The van der Waals surface area contributed by atoms with Crippen LogP contribution in [0.25, 0.3) is 5.65 Å². The van der Waals surface area contributed by atoms with Crippen molar-refractivity contribution >= 4 is 34.0 Å². The quantitative estimate of drug-likeness (QED) is 0.741. The highest BCUT2D eigenvalue weighted by Gasteiger charge is 2.34. The number of anilines is 2. The number of likely N-dealkylation sites (N-methyl/N-ethyl adjacent to an activating group) is 1. The van der Waals surface area contributed by atoms with Crippen LogP contribution in [-0.4, -0.2) is 61.9 Å². The van der Waals surface area contributed by atoms with Crippen LogP contribution in [-0.2, 0) is 0 Å². The highest BCUT2D eigenvalue weighted by molar-refractivity contribution is 7.15. The number of rotatable bonds is 4. The summed E-state index contributed by atoms with van der Waals surface area (Å²) < 4.78 is 1.86. The maximum Gasteiger partial charge on any atom is 0.323 e. The average molecular weight is 384 g/mol. The second-order valence-corrected chi connectivity index (χ2v) is 8.40. The molecule has 0 bridgehead atoms. The zero-order chi connectivity index (χ0) is 18.5. The van der Waals surface area contributed by atoms with E-state index < -0.39 is 0 Å². The summed E-state index contributed by atoms with van der Waals surface area (Å²) >= 11 is 1.47. The molecular formula is C17H20N8OS. The summed E-state index contributed by atoms with van der Waals surface area (Å²) in [5, 5.41) is 16.7. The van der Waals surface area contributed by atoms with Crippen LogP contribution < -0.4 is 10.2 Å². The van der Waals surface area contributed by atoms with Crippen molar-refractivity contribution in [1.29, 1.82) is 0 Å². The summed E-state index contributed by atoms with van der Waals surface area (Å²) in [6.07, 6.45) is 4.09. The van der Waals surface area contributed by atoms with Gasteiger partial charge in [0.2, 0.25) is 0 Å². The lowest BCUT2D eigenvalue weighted by Crippen LogP contribution is -2.60. The van der Waals surface area contributed by atoms with Crippen molar-refractivity contribution in [1.82, 2.24) is 29.7 Å². The molecule has 0 aromatic carbocycles. The number of urea groups is 1. The highest BCUT2D eigenvalue weighted by atomic mass is 32.1. The van der Waals surface area contributed by atoms with Gasteiger partial charge in [0.05, 0.1) is 6.04 Å². The summed E-state index contributed by atoms with van der Waals surface area (Å²) in [4.78, 5) is 21.5. The van der Waals surface area contributed by atoms with Gasteiger partial charge in [0, 0.05) is 37.1 Å². The summed E-state index contributed by atoms with van der Waals surface area (Å²) in [6, 6.07) is 3.94. The molecule has 0 spiro atoms. The Balaban J connectivity index is 1.24. The largest absolute Gasteiger partial charge is 0.351 e. The van der Waals surface area contributed by atoms with Crippen molar-refractivity contribution in [3.63, 3.8) is 0 Å². The smallest absolute Gasteiger partial charge is 0.323 e. The fourth-order valence-electron chi connectivity index (χ4n) is 3.21. The summed E-state index contributed by atoms with van der Waals surface area (Å²) in [5.74, 6) is 2.35. The van der Waals surface area contributed by atoms with Crippen LogP contribution in [0.2, 0.25) is 0 Å². The van der Waals surface area contributed by atoms with Gasteiger partial charge < -0.3 is 9.80 Å². The Hall–Kier alpha value is -2.75. The molecule has 2 aliphatic rings. The molecule has 9 nitrogen and oxygen atoms in total. The van der Waals surface area contributed by atoms with E-state index in [1.165, 1.54) is 11.3 Å². The number of fused-ring (bicyclic) bond motifs is 1. The summed E-state index contributed by atoms with van der Waals surface area (Å²) in [6.45, 7) is 3.47. The van der Waals surface area contributed by atoms with Crippen molar-refractivity contribution in [2.24, 2.45) is 0 Å². The van der Waals surface area contributed by atoms with Crippen molar-refractivity contribution < 1.29 is 4.79 Å². The minimum Gasteiger partial charge on any atom is -0.351 e. The standard InChI is InChI=1S/C17H20N8OS/c1-10-7-18-16(27-10)19-17(26)23(2)12-8-24(9-12)14-6-5-13-20-21-15(11-3-4-11)25(13)22-14/h5-7,11-12H,3-4,8-9H2,1-2H3,(H,18,19,26). The van der Waals surface area contributed by atoms with Crippen molar-refractivity contribution in [3.05, 3.63) is 29.0 Å². The van der Waals surface area contributed by atoms with Crippen LogP contribution >= 0.6 is 11.3 Å². The van der Waals surface area contributed by atoms with E-state index in [2.05, 4.69) is 25.4 Å². The predicted molar refractivity (Wildman–Crippen MR) is 102 cm³/mol. The van der Waals surface area contributed by atoms with Gasteiger partial charge in [-0.05, 0) is 31.9 Å². The maximum atomic E-state index is 12.4. The average Bonchev–Trinajstić information content (AvgIpc) is 3.24. The topological polar surface area (TPSA) is 91.5 Å². The first kappa shape index (κ1) is 16.4. The molecule has 27 heavy (non-hydrogen) atoms. The number of amides is 2. The first-order valence-corrected chi connectivity index (χ1v) is 9.83. The van der Waals surface area contributed by atoms with Crippen LogP contribution in [0.15, 0.2) is 18.3 Å². The zero-order valence-electron chi connectivity index (χ0n) is 15.2. The third kappa shape index (κ3) is 2.99. The van der Waals surface area contributed by atoms with Crippen molar-refractivity contribution in [2.45, 2.75) is 31.7 Å². The summed E-state index contributed by atoms with van der Waals surface area (Å²) in [5.41, 5.74) is 0.785. The lowest BCUT2D eigenvalue weighted by molar-refractivity contribution is 0.191. The zero-order valence-corrected chi connectivity index (χ0v) is 16.0. The van der Waals surface area contributed by atoms with Gasteiger partial charge in [-0.25, -0.2) is 9.78 Å². The molecular weight excluding hydrogens is 364 g/mol. The Labute approximate surface area is 160 Å². The Morgan fingerprint density at radius 3 is 2.81 bits per heavy atom. The Kier molecular flexibility index (Phi) is 3.74. The minimum atomic E-state index is -0.132. The van der Waals surface area contributed by atoms with E-state index in [0.717, 1.165) is 48.1 Å². The van der Waals surface area contributed by atoms with Gasteiger partial charge in [-0.3, -0.25) is 5.32 Å². The van der Waals surface area contributed by atoms with E-state index in [-0.39, 0.29) is 12.1 Å². The number of hydrogen-bond acceptors (Lipinski definition) is 7. The number of aromatic nitrogens is 5. The van der Waals surface area contributed by atoms with Crippen molar-refractivity contribution in [3.8, 4) is 0 Å². The number of thiazole rings is 1. The van der Waals surface area contributed by atoms with Gasteiger partial charge in [0.15, 0.2) is 16.6 Å². The lowest BCUT2D eigenvalue weighted by Gasteiger charge is -2.44. The molecule has 1 saturated carbocycles. The second kappa shape index (κ2) is 6.15. The third-order valence-electron chi connectivity index (χ3n) is 5.10. The molecule has 10 heteroatoms. The van der Waals surface area contributed by atoms with Crippen LogP contribution in [0.1, 0.15) is 29.5 Å². The predicted octanol–water partition coefficient (Wildman–Crippen LogP) is 2.12. The van der Waals surface area contributed by atoms with Crippen LogP contribution in [0, 0.1) is 6.92 Å². The van der Waals surface area contributed by atoms with Gasteiger partial charge in [-0.2, -0.15) is 4.52 Å². The molecule has 2 amide bonds. The Bertz CT molecular complexity index is 1000. The fourth-order valence-corrected chi connectivity index (χ4v) is 3.86. The van der Waals surface area contributed by atoms with Crippen LogP contribution in [0.5, 0.6) is 0 Å². The van der Waals surface area contributed by atoms with Crippen molar-refractivity contribution in [2.75, 3.05) is 30.4 Å². The lowest BCUT2D eigenvalue weighted by atomic mass is 10.1. The number of nitrogens with zero attached hydrogens (tertiary/aromatic N) is 7. The minimum absolute atomic E-state index is 0.132. The van der Waals surface area contributed by atoms with Gasteiger partial charge >= 0.3 is 6.03 Å². The molecule has 1 N–H and O–H groups in total. The first-order chi connectivity index (χ1) is 13.1. The number of carbonyl (C=O) groups excluding carboxylic acids is 1. The number of hydrogen-bond donors (Lipinski definition) is 1. The van der Waals surface area contributed by atoms with Gasteiger partial charge in [-0.1, -0.05) is 0 Å². The molecule has 3 aromatic rings. The molecule has 1 aliphatic carbocycles. The fraction of sp³-hybridized carbons (Fsp3) is 0.471. The molecule has 0 radical (unpaired) electrons. The third-order valence-corrected chi connectivity index (χ3v) is 5.93. The molecule has 5 rings (SSSR count). The number of nitrogens with one attached hydrogen (secondary N) is 1. The molecule has 0 unspecified atom stereocenters. The molecule has 4 heterocycles. The molecule has 0 atom stereocenters. The van der Waals surface area contributed by atoms with Gasteiger partial charge in [-0.15, -0.1) is 26.6 Å². The van der Waals surface area contributed by atoms with Gasteiger partial charge in [0.1, 0.15) is 5.82 Å². The van der Waals surface area contributed by atoms with Crippen LogP contribution in [0.4, 0.5) is 15.7 Å². The van der Waals surface area contributed by atoms with E-state index in [1.807, 2.05) is 30.6 Å². The first-order valence-electron chi connectivity index (χ1n) is 9.02. The van der Waals surface area contributed by atoms with E-state index in [0.29, 0.717) is 11.0 Å². The van der Waals surface area contributed by atoms with Gasteiger partial charge in [0.25, 0.3) is 0 Å². The number of aryl methyl sites for hydroxylation is 1. The summed E-state index contributed by atoms with van der Waals surface area (Å²) in [7, 11) is 1.82. The molecule has 140 valence electrons. The van der Waals surface area contributed by atoms with Crippen LogP contribution in [0.3, 0.4) is 0 Å². The highest BCUT2D eigenvalue weighted by Crippen LogP contribution is 2.38. The molecule has 1 aliphatic heterocycles. The van der Waals surface area contributed by atoms with E-state index in [4.69, 9.17) is 5.10 Å². The SMILES string of the molecule is Cc1cnc(NC(=O)N(C)C2CN(c3ccc4nnc(C5CC5)n4n3)C2)s1. The maximum absolute atomic E-state index is 12.4. The Morgan fingerprint density at radius 2 is 2.11 bits per heavy atom. The molecule has 2 fully saturated rings. The van der Waals surface area contributed by atoms with E-state index >= 15 is 0 Å². The molecule has 1 saturated heterocycles. The van der Waals surface area contributed by atoms with E-state index in [1.54, 1.807) is 11.1 Å². The number of carbonyl (C=O) groups is 1. The second-order valence-electron chi connectivity index (χ2n) is 7.17. The normalized spacial score (nSPS) is 17.2. The monoisotopic (exact) mass is 384 g/mol. The Morgan fingerprint density at radius 1 is 1.30 bits per heavy atom. The molecule has 3 aromatic heterocycles. The van der Waals surface area contributed by atoms with E-state index in [9.17, 15) is 4.79 Å².